The molecule has 0 fully saturated rings. The predicted molar refractivity (Wildman–Crippen MR) is 55.0 cm³/mol. The van der Waals surface area contributed by atoms with Crippen LogP contribution in [-0.2, 0) is 0 Å². The van der Waals surface area contributed by atoms with Gasteiger partial charge in [-0.05, 0) is 45.7 Å². The summed E-state index contributed by atoms with van der Waals surface area (Å²) in [7, 11) is 0. The second-order valence-corrected chi connectivity index (χ2v) is 4.29. The number of imidazole rings is 1. The first kappa shape index (κ1) is 10.7. The van der Waals surface area contributed by atoms with Crippen LogP contribution >= 0.6 is 31.9 Å². The summed E-state index contributed by atoms with van der Waals surface area (Å²) in [5, 5.41) is 8.83. The first-order valence-corrected chi connectivity index (χ1v) is 5.20. The Morgan fingerprint density at radius 1 is 1.54 bits per heavy atom. The lowest BCUT2D eigenvalue weighted by Gasteiger charge is -2.09. The summed E-state index contributed by atoms with van der Waals surface area (Å²) in [5.41, 5.74) is 0. The molecule has 72 valence electrons. The van der Waals surface area contributed by atoms with Gasteiger partial charge in [-0.1, -0.05) is 0 Å². The molecule has 1 heterocycles. The van der Waals surface area contributed by atoms with E-state index in [9.17, 15) is 4.79 Å². The van der Waals surface area contributed by atoms with Crippen molar-refractivity contribution in [3.63, 3.8) is 0 Å². The number of aromatic nitrogens is 2. The molecule has 13 heavy (non-hydrogen) atoms. The lowest BCUT2D eigenvalue weighted by Crippen LogP contribution is -2.11. The van der Waals surface area contributed by atoms with Crippen molar-refractivity contribution in [2.75, 3.05) is 0 Å². The maximum Gasteiger partial charge on any atom is 0.372 e. The minimum absolute atomic E-state index is 0.0359. The van der Waals surface area contributed by atoms with Gasteiger partial charge in [0.05, 0.1) is 0 Å². The molecule has 0 radical (unpaired) electrons. The molecule has 0 aromatic carbocycles. The van der Waals surface area contributed by atoms with Gasteiger partial charge in [0.2, 0.25) is 5.82 Å². The van der Waals surface area contributed by atoms with E-state index in [0.717, 1.165) is 0 Å². The highest BCUT2D eigenvalue weighted by Crippen LogP contribution is 2.27. The molecule has 0 saturated heterocycles. The van der Waals surface area contributed by atoms with Crippen molar-refractivity contribution in [3.05, 3.63) is 15.0 Å². The maximum absolute atomic E-state index is 10.8. The number of halogens is 2. The van der Waals surface area contributed by atoms with E-state index in [0.29, 0.717) is 9.21 Å². The molecule has 1 rings (SSSR count). The third kappa shape index (κ3) is 1.94. The molecule has 0 aliphatic rings. The Morgan fingerprint density at radius 3 is 2.38 bits per heavy atom. The number of carboxylic acid groups (broad SMARTS) is 1. The smallest absolute Gasteiger partial charge is 0.372 e. The average molecular weight is 312 g/mol. The fraction of sp³-hybridized carbons (Fsp3) is 0.429. The second kappa shape index (κ2) is 3.79. The summed E-state index contributed by atoms with van der Waals surface area (Å²) < 4.78 is 2.77. The highest BCUT2D eigenvalue weighted by Gasteiger charge is 2.20. The highest BCUT2D eigenvalue weighted by atomic mass is 79.9. The Kier molecular flexibility index (Phi) is 3.13. The standard InChI is InChI=1S/C7H8Br2N2O2/c1-3(2)11-5(9)4(8)10-6(11)7(12)13/h3H,1-2H3,(H,12,13). The molecular formula is C7H8Br2N2O2. The van der Waals surface area contributed by atoms with Gasteiger partial charge in [-0.15, -0.1) is 0 Å². The summed E-state index contributed by atoms with van der Waals surface area (Å²) in [5.74, 6) is -0.992. The lowest BCUT2D eigenvalue weighted by atomic mass is 10.4. The number of hydrogen-bond donors (Lipinski definition) is 1. The maximum atomic E-state index is 10.8. The molecule has 1 aromatic heterocycles. The number of rotatable bonds is 2. The Bertz CT molecular complexity index is 347. The summed E-state index contributed by atoms with van der Waals surface area (Å²) in [6.07, 6.45) is 0. The van der Waals surface area contributed by atoms with E-state index >= 15 is 0 Å². The van der Waals surface area contributed by atoms with Crippen molar-refractivity contribution in [2.45, 2.75) is 19.9 Å². The molecule has 6 heteroatoms. The fourth-order valence-electron chi connectivity index (χ4n) is 1.01. The van der Waals surface area contributed by atoms with Crippen molar-refractivity contribution in [1.82, 2.24) is 9.55 Å². The second-order valence-electron chi connectivity index (χ2n) is 2.79. The van der Waals surface area contributed by atoms with Crippen LogP contribution in [0.2, 0.25) is 0 Å². The molecule has 0 atom stereocenters. The molecule has 0 aliphatic carbocycles. The molecule has 0 bridgehead atoms. The van der Waals surface area contributed by atoms with Gasteiger partial charge < -0.3 is 9.67 Å². The largest absolute Gasteiger partial charge is 0.475 e. The summed E-state index contributed by atoms with van der Waals surface area (Å²) in [6, 6.07) is 0.0549. The van der Waals surface area contributed by atoms with Crippen LogP contribution in [0, 0.1) is 0 Å². The number of carbonyl (C=O) groups is 1. The van der Waals surface area contributed by atoms with Crippen LogP contribution in [0.1, 0.15) is 30.5 Å². The van der Waals surface area contributed by atoms with E-state index in [-0.39, 0.29) is 11.9 Å². The Morgan fingerprint density at radius 2 is 2.08 bits per heavy atom. The fourth-order valence-corrected chi connectivity index (χ4v) is 2.03. The Balaban J connectivity index is 3.35. The lowest BCUT2D eigenvalue weighted by molar-refractivity contribution is 0.0676. The zero-order valence-corrected chi connectivity index (χ0v) is 10.3. The molecule has 4 nitrogen and oxygen atoms in total. The zero-order valence-electron chi connectivity index (χ0n) is 7.08. The molecule has 1 N–H and O–H groups in total. The van der Waals surface area contributed by atoms with Crippen LogP contribution in [0.3, 0.4) is 0 Å². The van der Waals surface area contributed by atoms with Crippen LogP contribution in [0.4, 0.5) is 0 Å². The normalized spacial score (nSPS) is 10.8. The topological polar surface area (TPSA) is 55.1 Å². The van der Waals surface area contributed by atoms with Gasteiger partial charge in [0.1, 0.15) is 9.21 Å². The van der Waals surface area contributed by atoms with Gasteiger partial charge in [-0.2, -0.15) is 0 Å². The third-order valence-electron chi connectivity index (χ3n) is 1.52. The minimum Gasteiger partial charge on any atom is -0.475 e. The monoisotopic (exact) mass is 310 g/mol. The number of carboxylic acids is 1. The van der Waals surface area contributed by atoms with E-state index in [2.05, 4.69) is 36.8 Å². The Hall–Kier alpha value is -0.360. The quantitative estimate of drug-likeness (QED) is 0.913. The van der Waals surface area contributed by atoms with E-state index in [4.69, 9.17) is 5.11 Å². The van der Waals surface area contributed by atoms with Crippen LogP contribution in [0.25, 0.3) is 0 Å². The molecule has 0 saturated carbocycles. The molecular weight excluding hydrogens is 304 g/mol. The van der Waals surface area contributed by atoms with Crippen LogP contribution < -0.4 is 0 Å². The highest BCUT2D eigenvalue weighted by molar-refractivity contribution is 9.13. The van der Waals surface area contributed by atoms with Gasteiger partial charge in [-0.25, -0.2) is 9.78 Å². The van der Waals surface area contributed by atoms with Crippen molar-refractivity contribution >= 4 is 37.8 Å². The average Bonchev–Trinajstić information content (AvgIpc) is 2.28. The van der Waals surface area contributed by atoms with Crippen molar-refractivity contribution in [1.29, 1.82) is 0 Å². The minimum atomic E-state index is -1.03. The molecule has 0 amide bonds. The van der Waals surface area contributed by atoms with Crippen molar-refractivity contribution < 1.29 is 9.90 Å². The van der Waals surface area contributed by atoms with Gasteiger partial charge in [0, 0.05) is 6.04 Å². The number of nitrogens with zero attached hydrogens (tertiary/aromatic N) is 2. The summed E-state index contributed by atoms with van der Waals surface area (Å²) in [6.45, 7) is 3.79. The Labute approximate surface area is 92.2 Å². The van der Waals surface area contributed by atoms with Gasteiger partial charge in [0.25, 0.3) is 0 Å². The zero-order chi connectivity index (χ0) is 10.2. The van der Waals surface area contributed by atoms with Crippen molar-refractivity contribution in [2.24, 2.45) is 0 Å². The first-order chi connectivity index (χ1) is 5.95. The van der Waals surface area contributed by atoms with E-state index in [1.165, 1.54) is 0 Å². The predicted octanol–water partition coefficient (Wildman–Crippen LogP) is 2.69. The number of aromatic carboxylic acids is 1. The van der Waals surface area contributed by atoms with E-state index in [1.54, 1.807) is 4.57 Å². The molecule has 0 spiro atoms. The van der Waals surface area contributed by atoms with E-state index < -0.39 is 5.97 Å². The number of hydrogen-bond acceptors (Lipinski definition) is 2. The van der Waals surface area contributed by atoms with Crippen LogP contribution in [0.15, 0.2) is 9.21 Å². The van der Waals surface area contributed by atoms with Gasteiger partial charge in [0.15, 0.2) is 0 Å². The summed E-state index contributed by atoms with van der Waals surface area (Å²) >= 11 is 6.42. The van der Waals surface area contributed by atoms with Crippen molar-refractivity contribution in [3.8, 4) is 0 Å². The van der Waals surface area contributed by atoms with Crippen LogP contribution in [-0.4, -0.2) is 20.6 Å². The molecule has 0 aliphatic heterocycles. The molecule has 0 unspecified atom stereocenters. The van der Waals surface area contributed by atoms with Gasteiger partial charge in [-0.3, -0.25) is 0 Å². The van der Waals surface area contributed by atoms with E-state index in [1.807, 2.05) is 13.8 Å². The third-order valence-corrected chi connectivity index (χ3v) is 3.36. The summed E-state index contributed by atoms with van der Waals surface area (Å²) in [4.78, 5) is 14.6. The first-order valence-electron chi connectivity index (χ1n) is 3.61. The SMILES string of the molecule is CC(C)n1c(C(=O)O)nc(Br)c1Br. The van der Waals surface area contributed by atoms with Crippen LogP contribution in [0.5, 0.6) is 0 Å². The van der Waals surface area contributed by atoms with Gasteiger partial charge >= 0.3 is 5.97 Å². The molecule has 1 aromatic rings.